The van der Waals surface area contributed by atoms with Crippen LogP contribution in [0.25, 0.3) is 0 Å². The van der Waals surface area contributed by atoms with Crippen molar-refractivity contribution in [3.8, 4) is 0 Å². The van der Waals surface area contributed by atoms with E-state index in [4.69, 9.17) is 0 Å². The Morgan fingerprint density at radius 1 is 1.15 bits per heavy atom. The Kier molecular flexibility index (Phi) is 7.00. The molecule has 2 unspecified atom stereocenters. The monoisotopic (exact) mass is 272 g/mol. The van der Waals surface area contributed by atoms with Crippen molar-refractivity contribution >= 4 is 61.4 Å². The van der Waals surface area contributed by atoms with E-state index in [9.17, 15) is 0 Å². The second-order valence-corrected chi connectivity index (χ2v) is 7.88. The largest absolute Gasteiger partial charge is 0.178 e. The Balaban J connectivity index is 2.12. The van der Waals surface area contributed by atoms with Gasteiger partial charge in [0.1, 0.15) is 0 Å². The molecular formula is C8H16S5. The maximum absolute atomic E-state index is 4.59. The fraction of sp³-hybridized carbons (Fsp3) is 1.00. The van der Waals surface area contributed by atoms with Gasteiger partial charge >= 0.3 is 0 Å². The molecule has 1 aliphatic heterocycles. The smallest absolute Gasteiger partial charge is 0.0513 e. The molecule has 0 spiro atoms. The molecule has 0 aliphatic carbocycles. The number of thiol groups is 3. The molecule has 0 N–H and O–H groups in total. The Labute approximate surface area is 106 Å². The van der Waals surface area contributed by atoms with Crippen LogP contribution in [0.1, 0.15) is 12.8 Å². The first kappa shape index (κ1) is 12.8. The molecule has 1 aliphatic rings. The summed E-state index contributed by atoms with van der Waals surface area (Å²) in [6.07, 6.45) is 2.29. The van der Waals surface area contributed by atoms with Gasteiger partial charge in [-0.1, -0.05) is 0 Å². The van der Waals surface area contributed by atoms with Gasteiger partial charge in [0, 0.05) is 27.8 Å². The predicted molar refractivity (Wildman–Crippen MR) is 77.3 cm³/mol. The lowest BCUT2D eigenvalue weighted by molar-refractivity contribution is 0.738. The van der Waals surface area contributed by atoms with E-state index in [0.29, 0.717) is 10.5 Å². The maximum atomic E-state index is 4.59. The highest BCUT2D eigenvalue weighted by Gasteiger charge is 2.20. The molecule has 0 saturated carbocycles. The highest BCUT2D eigenvalue weighted by Crippen LogP contribution is 2.36. The van der Waals surface area contributed by atoms with E-state index in [1.165, 1.54) is 17.9 Å². The van der Waals surface area contributed by atoms with Gasteiger partial charge in [-0.05, 0) is 12.8 Å². The maximum Gasteiger partial charge on any atom is 0.0513 e. The van der Waals surface area contributed by atoms with Crippen LogP contribution >= 0.6 is 61.4 Å². The van der Waals surface area contributed by atoms with Crippen LogP contribution in [0, 0.1) is 0 Å². The van der Waals surface area contributed by atoms with Crippen LogP contribution < -0.4 is 0 Å². The van der Waals surface area contributed by atoms with E-state index in [-0.39, 0.29) is 0 Å². The minimum atomic E-state index is 0.405. The van der Waals surface area contributed by atoms with Gasteiger partial charge in [0.25, 0.3) is 0 Å². The van der Waals surface area contributed by atoms with Gasteiger partial charge in [0.15, 0.2) is 0 Å². The van der Waals surface area contributed by atoms with Crippen LogP contribution in [0.4, 0.5) is 0 Å². The lowest BCUT2D eigenvalue weighted by atomic mass is 10.2. The average Bonchev–Trinajstić information content (AvgIpc) is 2.56. The highest BCUT2D eigenvalue weighted by molar-refractivity contribution is 8.20. The molecule has 78 valence electrons. The summed E-state index contributed by atoms with van der Waals surface area (Å²) in [5.74, 6) is 3.48. The van der Waals surface area contributed by atoms with Gasteiger partial charge in [-0.15, -0.1) is 23.5 Å². The Hall–Kier alpha value is 1.75. The summed E-state index contributed by atoms with van der Waals surface area (Å²) in [6.45, 7) is 0. The van der Waals surface area contributed by atoms with Crippen molar-refractivity contribution in [2.45, 2.75) is 27.9 Å². The fourth-order valence-corrected chi connectivity index (χ4v) is 5.57. The second-order valence-electron chi connectivity index (χ2n) is 3.13. The molecule has 0 aromatic carbocycles. The van der Waals surface area contributed by atoms with Crippen LogP contribution in [0.2, 0.25) is 0 Å². The summed E-state index contributed by atoms with van der Waals surface area (Å²) >= 11 is 17.4. The highest BCUT2D eigenvalue weighted by atomic mass is 32.2. The van der Waals surface area contributed by atoms with Gasteiger partial charge in [0.05, 0.1) is 4.58 Å². The number of thioether (sulfide) groups is 2. The van der Waals surface area contributed by atoms with Crippen molar-refractivity contribution in [1.82, 2.24) is 0 Å². The molecule has 13 heavy (non-hydrogen) atoms. The molecular weight excluding hydrogens is 256 g/mol. The van der Waals surface area contributed by atoms with E-state index in [2.05, 4.69) is 61.4 Å². The van der Waals surface area contributed by atoms with Crippen molar-refractivity contribution in [1.29, 1.82) is 0 Å². The first-order valence-electron chi connectivity index (χ1n) is 4.42. The van der Waals surface area contributed by atoms with E-state index < -0.39 is 0 Å². The van der Waals surface area contributed by atoms with Crippen LogP contribution in [0.5, 0.6) is 0 Å². The molecule has 1 saturated heterocycles. The minimum absolute atomic E-state index is 0.405. The van der Waals surface area contributed by atoms with Gasteiger partial charge < -0.3 is 0 Å². The molecule has 0 aromatic heterocycles. The molecule has 0 radical (unpaired) electrons. The lowest BCUT2D eigenvalue weighted by Gasteiger charge is -2.17. The summed E-state index contributed by atoms with van der Waals surface area (Å²) in [5, 5.41) is 0.903. The molecule has 1 heterocycles. The van der Waals surface area contributed by atoms with Crippen molar-refractivity contribution in [3.63, 3.8) is 0 Å². The van der Waals surface area contributed by atoms with Crippen LogP contribution in [0.15, 0.2) is 0 Å². The first-order chi connectivity index (χ1) is 6.22. The molecule has 0 bridgehead atoms. The van der Waals surface area contributed by atoms with Crippen molar-refractivity contribution in [2.24, 2.45) is 0 Å². The topological polar surface area (TPSA) is 0 Å². The van der Waals surface area contributed by atoms with E-state index >= 15 is 0 Å². The van der Waals surface area contributed by atoms with Crippen LogP contribution in [0.3, 0.4) is 0 Å². The summed E-state index contributed by atoms with van der Waals surface area (Å²) in [6, 6.07) is 0. The fourth-order valence-electron chi connectivity index (χ4n) is 1.25. The normalized spacial score (nSPS) is 23.3. The predicted octanol–water partition coefficient (Wildman–Crippen LogP) is 3.10. The van der Waals surface area contributed by atoms with E-state index in [1.54, 1.807) is 0 Å². The van der Waals surface area contributed by atoms with Crippen molar-refractivity contribution in [2.75, 3.05) is 17.3 Å². The minimum Gasteiger partial charge on any atom is -0.178 e. The lowest BCUT2D eigenvalue weighted by Crippen LogP contribution is -2.13. The summed E-state index contributed by atoms with van der Waals surface area (Å²) in [4.78, 5) is 0. The zero-order valence-corrected chi connectivity index (χ0v) is 11.7. The van der Waals surface area contributed by atoms with E-state index in [0.717, 1.165) is 16.8 Å². The Bertz CT molecular complexity index is 134. The molecule has 0 nitrogen and oxygen atoms in total. The summed E-state index contributed by atoms with van der Waals surface area (Å²) in [5.41, 5.74) is 0. The molecule has 1 rings (SSSR count). The average molecular weight is 273 g/mol. The Morgan fingerprint density at radius 2 is 1.77 bits per heavy atom. The zero-order chi connectivity index (χ0) is 9.68. The second kappa shape index (κ2) is 7.09. The number of rotatable bonds is 5. The van der Waals surface area contributed by atoms with Crippen molar-refractivity contribution in [3.05, 3.63) is 0 Å². The standard InChI is InChI=1S/C8H16S5/c9-5-7(11)3-6(10)4-8-12-1-2-13-8/h6-11H,1-5H2. The van der Waals surface area contributed by atoms with Gasteiger partial charge in [-0.2, -0.15) is 37.9 Å². The first-order valence-corrected chi connectivity index (χ1v) is 8.19. The van der Waals surface area contributed by atoms with Crippen LogP contribution in [-0.4, -0.2) is 32.3 Å². The van der Waals surface area contributed by atoms with Gasteiger partial charge in [-0.3, -0.25) is 0 Å². The van der Waals surface area contributed by atoms with Crippen molar-refractivity contribution < 1.29 is 0 Å². The quantitative estimate of drug-likeness (QED) is 0.658. The molecule has 5 heteroatoms. The van der Waals surface area contributed by atoms with E-state index in [1.807, 2.05) is 0 Å². The Morgan fingerprint density at radius 3 is 2.31 bits per heavy atom. The van der Waals surface area contributed by atoms with Gasteiger partial charge in [-0.25, -0.2) is 0 Å². The summed E-state index contributed by atoms with van der Waals surface area (Å²) < 4.78 is 0.781. The molecule has 1 fully saturated rings. The summed E-state index contributed by atoms with van der Waals surface area (Å²) in [7, 11) is 0. The van der Waals surface area contributed by atoms with Crippen LogP contribution in [-0.2, 0) is 0 Å². The van der Waals surface area contributed by atoms with Gasteiger partial charge in [0.2, 0.25) is 0 Å². The molecule has 2 atom stereocenters. The third-order valence-corrected chi connectivity index (χ3v) is 6.54. The molecule has 0 amide bonds. The zero-order valence-electron chi connectivity index (χ0n) is 7.43. The number of hydrogen-bond donors (Lipinski definition) is 3. The SMILES string of the molecule is SCC(S)CC(S)CC1SCCS1. The third kappa shape index (κ3) is 5.40. The molecule has 0 aromatic rings. The number of hydrogen-bond acceptors (Lipinski definition) is 5. The third-order valence-electron chi connectivity index (χ3n) is 1.91.